The maximum atomic E-state index is 12.5. The lowest BCUT2D eigenvalue weighted by Crippen LogP contribution is -2.45. The van der Waals surface area contributed by atoms with Crippen LogP contribution in [0, 0.1) is 0 Å². The summed E-state index contributed by atoms with van der Waals surface area (Å²) in [6, 6.07) is 14.6. The molecule has 0 radical (unpaired) electrons. The number of benzene rings is 2. The van der Waals surface area contributed by atoms with Crippen molar-refractivity contribution in [1.29, 1.82) is 0 Å². The van der Waals surface area contributed by atoms with Crippen molar-refractivity contribution in [3.63, 3.8) is 0 Å². The molecule has 0 saturated carbocycles. The zero-order valence-corrected chi connectivity index (χ0v) is 16.0. The Hall–Kier alpha value is -3.19. The van der Waals surface area contributed by atoms with Gasteiger partial charge in [-0.1, -0.05) is 42.5 Å². The molecular weight excluding hydrogens is 362 g/mol. The van der Waals surface area contributed by atoms with Gasteiger partial charge in [0.2, 0.25) is 0 Å². The van der Waals surface area contributed by atoms with Crippen LogP contribution in [0.4, 0.5) is 0 Å². The van der Waals surface area contributed by atoms with Crippen LogP contribution in [0.15, 0.2) is 54.6 Å². The maximum Gasteiger partial charge on any atom is 0.342 e. The number of rotatable bonds is 8. The Morgan fingerprint density at radius 1 is 1.00 bits per heavy atom. The van der Waals surface area contributed by atoms with Crippen LogP contribution in [0.3, 0.4) is 0 Å². The van der Waals surface area contributed by atoms with Crippen LogP contribution in [0.25, 0.3) is 0 Å². The summed E-state index contributed by atoms with van der Waals surface area (Å²) in [6.45, 7) is 2.94. The van der Waals surface area contributed by atoms with Crippen molar-refractivity contribution in [1.82, 2.24) is 5.32 Å². The Labute approximate surface area is 163 Å². The minimum Gasteiger partial charge on any atom is -0.460 e. The predicted molar refractivity (Wildman–Crippen MR) is 102 cm³/mol. The van der Waals surface area contributed by atoms with E-state index in [1.807, 2.05) is 30.3 Å². The molecule has 0 spiro atoms. The molecule has 0 aliphatic carbocycles. The number of likely N-dealkylation sites (N-methyl/N-ethyl adjacent to an activating group) is 1. The molecule has 7 heteroatoms. The molecule has 2 atom stereocenters. The monoisotopic (exact) mass is 385 g/mol. The number of hydrogen-bond acceptors (Lipinski definition) is 7. The number of carbonyl (C=O) groups is 3. The van der Waals surface area contributed by atoms with E-state index in [2.05, 4.69) is 5.32 Å². The second-order valence-corrected chi connectivity index (χ2v) is 6.06. The van der Waals surface area contributed by atoms with Crippen molar-refractivity contribution < 1.29 is 28.6 Å². The number of esters is 3. The normalized spacial score (nSPS) is 12.5. The number of ether oxygens (including phenoxy) is 3. The topological polar surface area (TPSA) is 90.9 Å². The van der Waals surface area contributed by atoms with Crippen molar-refractivity contribution in [3.8, 4) is 5.75 Å². The summed E-state index contributed by atoms with van der Waals surface area (Å²) in [7, 11) is 1.57. The van der Waals surface area contributed by atoms with E-state index in [1.165, 1.54) is 19.1 Å². The standard InChI is InChI=1S/C21H23NO6/c1-14(19(22-3)21(25)26-13-16-9-5-4-6-10-16)27-20(24)17-11-7-8-12-18(17)28-15(2)23/h4-12,14,19,22H,13H2,1-3H3/t14-,19+/m1/s1. The van der Waals surface area contributed by atoms with E-state index in [4.69, 9.17) is 14.2 Å². The first kappa shape index (κ1) is 21.1. The van der Waals surface area contributed by atoms with Crippen molar-refractivity contribution in [2.24, 2.45) is 0 Å². The zero-order chi connectivity index (χ0) is 20.5. The lowest BCUT2D eigenvalue weighted by atomic mass is 10.1. The fourth-order valence-electron chi connectivity index (χ4n) is 2.54. The zero-order valence-electron chi connectivity index (χ0n) is 16.0. The van der Waals surface area contributed by atoms with Gasteiger partial charge in [-0.3, -0.25) is 9.59 Å². The molecule has 0 heterocycles. The third kappa shape index (κ3) is 5.92. The average Bonchev–Trinajstić information content (AvgIpc) is 2.67. The van der Waals surface area contributed by atoms with E-state index in [1.54, 1.807) is 26.1 Å². The molecule has 7 nitrogen and oxygen atoms in total. The van der Waals surface area contributed by atoms with Gasteiger partial charge in [0.1, 0.15) is 30.1 Å². The Kier molecular flexibility index (Phi) is 7.71. The van der Waals surface area contributed by atoms with Crippen molar-refractivity contribution in [2.45, 2.75) is 32.6 Å². The van der Waals surface area contributed by atoms with Crippen LogP contribution in [-0.4, -0.2) is 37.1 Å². The van der Waals surface area contributed by atoms with Gasteiger partial charge in [-0.15, -0.1) is 0 Å². The van der Waals surface area contributed by atoms with Gasteiger partial charge in [-0.05, 0) is 31.7 Å². The Bertz CT molecular complexity index is 821. The van der Waals surface area contributed by atoms with Gasteiger partial charge < -0.3 is 19.5 Å². The molecule has 0 unspecified atom stereocenters. The highest BCUT2D eigenvalue weighted by Gasteiger charge is 2.29. The van der Waals surface area contributed by atoms with E-state index in [0.717, 1.165) is 5.56 Å². The molecule has 0 bridgehead atoms. The molecule has 0 amide bonds. The summed E-state index contributed by atoms with van der Waals surface area (Å²) in [5, 5.41) is 2.80. The van der Waals surface area contributed by atoms with Gasteiger partial charge in [0.25, 0.3) is 0 Å². The highest BCUT2D eigenvalue weighted by Crippen LogP contribution is 2.20. The number of para-hydroxylation sites is 1. The summed E-state index contributed by atoms with van der Waals surface area (Å²) < 4.78 is 15.7. The summed E-state index contributed by atoms with van der Waals surface area (Å²) in [6.07, 6.45) is -0.814. The van der Waals surface area contributed by atoms with Crippen molar-refractivity contribution in [2.75, 3.05) is 7.05 Å². The average molecular weight is 385 g/mol. The van der Waals surface area contributed by atoms with Crippen LogP contribution in [0.5, 0.6) is 5.75 Å². The third-order valence-corrected chi connectivity index (χ3v) is 3.91. The second kappa shape index (κ2) is 10.2. The highest BCUT2D eigenvalue weighted by atomic mass is 16.6. The fourth-order valence-corrected chi connectivity index (χ4v) is 2.54. The van der Waals surface area contributed by atoms with Gasteiger partial charge in [-0.25, -0.2) is 4.79 Å². The number of hydrogen-bond donors (Lipinski definition) is 1. The summed E-state index contributed by atoms with van der Waals surface area (Å²) in [4.78, 5) is 36.1. The van der Waals surface area contributed by atoms with Crippen molar-refractivity contribution in [3.05, 3.63) is 65.7 Å². The van der Waals surface area contributed by atoms with Crippen LogP contribution < -0.4 is 10.1 Å². The summed E-state index contributed by atoms with van der Waals surface area (Å²) >= 11 is 0. The molecule has 0 saturated heterocycles. The molecule has 0 fully saturated rings. The van der Waals surface area contributed by atoms with Crippen LogP contribution in [0.1, 0.15) is 29.8 Å². The minimum absolute atomic E-state index is 0.0945. The number of carbonyl (C=O) groups excluding carboxylic acids is 3. The third-order valence-electron chi connectivity index (χ3n) is 3.91. The van der Waals surface area contributed by atoms with Crippen LogP contribution >= 0.6 is 0 Å². The van der Waals surface area contributed by atoms with E-state index in [0.29, 0.717) is 0 Å². The van der Waals surface area contributed by atoms with Gasteiger partial charge in [0.05, 0.1) is 0 Å². The summed E-state index contributed by atoms with van der Waals surface area (Å²) in [5.74, 6) is -1.70. The second-order valence-electron chi connectivity index (χ2n) is 6.06. The molecule has 148 valence electrons. The van der Waals surface area contributed by atoms with E-state index < -0.39 is 30.1 Å². The van der Waals surface area contributed by atoms with Gasteiger partial charge in [0, 0.05) is 6.92 Å². The lowest BCUT2D eigenvalue weighted by molar-refractivity contribution is -0.150. The molecule has 0 aliphatic heterocycles. The first-order valence-electron chi connectivity index (χ1n) is 8.78. The molecule has 2 aromatic carbocycles. The largest absolute Gasteiger partial charge is 0.460 e. The SMILES string of the molecule is CN[C@H](C(=O)OCc1ccccc1)[C@@H](C)OC(=O)c1ccccc1OC(C)=O. The van der Waals surface area contributed by atoms with Crippen LogP contribution in [-0.2, 0) is 25.7 Å². The van der Waals surface area contributed by atoms with E-state index in [9.17, 15) is 14.4 Å². The highest BCUT2D eigenvalue weighted by molar-refractivity contribution is 5.93. The van der Waals surface area contributed by atoms with Crippen LogP contribution in [0.2, 0.25) is 0 Å². The smallest absolute Gasteiger partial charge is 0.342 e. The van der Waals surface area contributed by atoms with Gasteiger partial charge in [0.15, 0.2) is 0 Å². The minimum atomic E-state index is -0.853. The molecule has 2 aromatic rings. The Balaban J connectivity index is 2.01. The Morgan fingerprint density at radius 2 is 1.64 bits per heavy atom. The summed E-state index contributed by atoms with van der Waals surface area (Å²) in [5.41, 5.74) is 0.947. The quantitative estimate of drug-likeness (QED) is 0.551. The van der Waals surface area contributed by atoms with E-state index >= 15 is 0 Å². The van der Waals surface area contributed by atoms with Crippen molar-refractivity contribution >= 4 is 17.9 Å². The molecule has 0 aliphatic rings. The molecular formula is C21H23NO6. The number of nitrogens with one attached hydrogen (secondary N) is 1. The molecule has 0 aromatic heterocycles. The fraction of sp³-hybridized carbons (Fsp3) is 0.286. The Morgan fingerprint density at radius 3 is 2.29 bits per heavy atom. The maximum absolute atomic E-state index is 12.5. The molecule has 1 N–H and O–H groups in total. The predicted octanol–water partition coefficient (Wildman–Crippen LogP) is 2.49. The molecule has 28 heavy (non-hydrogen) atoms. The van der Waals surface area contributed by atoms with Gasteiger partial charge in [-0.2, -0.15) is 0 Å². The van der Waals surface area contributed by atoms with E-state index in [-0.39, 0.29) is 17.9 Å². The lowest BCUT2D eigenvalue weighted by Gasteiger charge is -2.22. The van der Waals surface area contributed by atoms with Gasteiger partial charge >= 0.3 is 17.9 Å². The first-order valence-corrected chi connectivity index (χ1v) is 8.78. The molecule has 2 rings (SSSR count). The first-order chi connectivity index (χ1) is 13.4.